The topological polar surface area (TPSA) is 62.7 Å². The molecule has 5 rings (SSSR count). The molecule has 2 aromatic rings. The molecule has 0 saturated carbocycles. The molecule has 0 N–H and O–H groups in total. The van der Waals surface area contributed by atoms with Crippen molar-refractivity contribution in [1.29, 1.82) is 0 Å². The van der Waals surface area contributed by atoms with E-state index in [1.54, 1.807) is 0 Å². The van der Waals surface area contributed by atoms with Crippen molar-refractivity contribution in [3.05, 3.63) is 53.2 Å². The molecule has 0 amide bonds. The zero-order chi connectivity index (χ0) is 20.6. The van der Waals surface area contributed by atoms with Crippen molar-refractivity contribution < 1.29 is 13.2 Å². The summed E-state index contributed by atoms with van der Waals surface area (Å²) in [5, 5.41) is 0. The number of morpholine rings is 1. The number of ether oxygens (including phenoxy) is 1. The fourth-order valence-electron chi connectivity index (χ4n) is 4.51. The van der Waals surface area contributed by atoms with Gasteiger partial charge in [0.15, 0.2) is 9.84 Å². The molecule has 0 unspecified atom stereocenters. The maximum Gasteiger partial charge on any atom is 0.153 e. The third-order valence-corrected chi connectivity index (χ3v) is 7.84. The minimum absolute atomic E-state index is 0.235. The lowest BCUT2D eigenvalue weighted by molar-refractivity contribution is 0.0422. The lowest BCUT2D eigenvalue weighted by Gasteiger charge is -2.28. The Kier molecular flexibility index (Phi) is 5.35. The number of rotatable bonds is 4. The molecule has 3 aliphatic rings. The molecule has 1 aromatic carbocycles. The highest BCUT2D eigenvalue weighted by Gasteiger charge is 2.23. The molecule has 1 aromatic heterocycles. The number of nitrogens with zero attached hydrogens (tertiary/aromatic N) is 3. The predicted octanol–water partition coefficient (Wildman–Crippen LogP) is 2.26. The summed E-state index contributed by atoms with van der Waals surface area (Å²) in [5.74, 6) is 0.471. The quantitative estimate of drug-likeness (QED) is 0.749. The summed E-state index contributed by atoms with van der Waals surface area (Å²) in [6, 6.07) is 10.5. The van der Waals surface area contributed by atoms with E-state index in [9.17, 15) is 8.42 Å². The van der Waals surface area contributed by atoms with Crippen molar-refractivity contribution in [2.75, 3.05) is 62.3 Å². The summed E-state index contributed by atoms with van der Waals surface area (Å²) >= 11 is 0. The number of anilines is 1. The van der Waals surface area contributed by atoms with Crippen LogP contribution >= 0.6 is 0 Å². The second kappa shape index (κ2) is 8.13. The van der Waals surface area contributed by atoms with E-state index in [0.29, 0.717) is 13.1 Å². The SMILES string of the molecule is O=S1(=O)CCN(c2ccc(-c3nccc4c3C=C(CN3CCOCC3)C4)cc2)CC1. The Balaban J connectivity index is 1.34. The monoisotopic (exact) mass is 425 g/mol. The highest BCUT2D eigenvalue weighted by atomic mass is 32.2. The van der Waals surface area contributed by atoms with Gasteiger partial charge in [-0.1, -0.05) is 23.8 Å². The molecule has 0 bridgehead atoms. The van der Waals surface area contributed by atoms with Crippen LogP contribution in [0.4, 0.5) is 5.69 Å². The zero-order valence-corrected chi connectivity index (χ0v) is 17.9. The zero-order valence-electron chi connectivity index (χ0n) is 17.1. The Morgan fingerprint density at radius 3 is 2.43 bits per heavy atom. The molecule has 6 nitrogen and oxygen atoms in total. The van der Waals surface area contributed by atoms with Gasteiger partial charge in [-0.15, -0.1) is 0 Å². The van der Waals surface area contributed by atoms with E-state index in [0.717, 1.165) is 56.2 Å². The number of benzene rings is 1. The second-order valence-corrected chi connectivity index (χ2v) is 10.6. The van der Waals surface area contributed by atoms with Crippen LogP contribution in [0, 0.1) is 0 Å². The summed E-state index contributed by atoms with van der Waals surface area (Å²) < 4.78 is 28.8. The minimum atomic E-state index is -2.87. The van der Waals surface area contributed by atoms with Gasteiger partial charge in [0.05, 0.1) is 30.4 Å². The molecule has 30 heavy (non-hydrogen) atoms. The van der Waals surface area contributed by atoms with Gasteiger partial charge in [-0.2, -0.15) is 0 Å². The summed E-state index contributed by atoms with van der Waals surface area (Å²) in [6.07, 6.45) is 5.21. The third kappa shape index (κ3) is 4.15. The maximum atomic E-state index is 11.7. The van der Waals surface area contributed by atoms with Crippen molar-refractivity contribution in [2.24, 2.45) is 0 Å². The Hall–Kier alpha value is -2.22. The standard InChI is InChI=1S/C23H27N3O3S/c27-30(28)13-9-26(10-14-30)21-3-1-19(2-4-21)23-22-16-18(15-20(22)5-6-24-23)17-25-7-11-29-12-8-25/h1-6,16H,7-15,17H2. The second-order valence-electron chi connectivity index (χ2n) is 8.29. The first-order valence-corrected chi connectivity index (χ1v) is 12.4. The van der Waals surface area contributed by atoms with Gasteiger partial charge in [-0.05, 0) is 30.2 Å². The van der Waals surface area contributed by atoms with Gasteiger partial charge in [0, 0.05) is 55.7 Å². The molecular formula is C23H27N3O3S. The first-order valence-electron chi connectivity index (χ1n) is 10.6. The first kappa shape index (κ1) is 19.7. The Labute approximate surface area is 178 Å². The van der Waals surface area contributed by atoms with E-state index in [1.807, 2.05) is 6.20 Å². The van der Waals surface area contributed by atoms with Crippen LogP contribution in [-0.2, 0) is 21.0 Å². The normalized spacial score (nSPS) is 21.3. The number of sulfone groups is 1. The largest absolute Gasteiger partial charge is 0.379 e. The Morgan fingerprint density at radius 1 is 0.967 bits per heavy atom. The van der Waals surface area contributed by atoms with Gasteiger partial charge in [-0.3, -0.25) is 9.88 Å². The maximum absolute atomic E-state index is 11.7. The third-order valence-electron chi connectivity index (χ3n) is 6.23. The number of aromatic nitrogens is 1. The summed E-state index contributed by atoms with van der Waals surface area (Å²) in [7, 11) is -2.87. The smallest absolute Gasteiger partial charge is 0.153 e. The van der Waals surface area contributed by atoms with Crippen molar-refractivity contribution in [3.8, 4) is 11.3 Å². The van der Waals surface area contributed by atoms with Crippen LogP contribution in [-0.4, -0.2) is 75.7 Å². The minimum Gasteiger partial charge on any atom is -0.379 e. The van der Waals surface area contributed by atoms with Crippen molar-refractivity contribution in [3.63, 3.8) is 0 Å². The highest BCUT2D eigenvalue weighted by molar-refractivity contribution is 7.91. The van der Waals surface area contributed by atoms with E-state index in [1.165, 1.54) is 16.7 Å². The van der Waals surface area contributed by atoms with E-state index in [2.05, 4.69) is 46.2 Å². The predicted molar refractivity (Wildman–Crippen MR) is 119 cm³/mol. The van der Waals surface area contributed by atoms with E-state index in [-0.39, 0.29) is 11.5 Å². The van der Waals surface area contributed by atoms with Crippen LogP contribution in [0.25, 0.3) is 17.3 Å². The van der Waals surface area contributed by atoms with Crippen molar-refractivity contribution in [2.45, 2.75) is 6.42 Å². The average Bonchev–Trinajstić information content (AvgIpc) is 3.17. The van der Waals surface area contributed by atoms with Crippen LogP contribution in [0.1, 0.15) is 11.1 Å². The molecule has 3 heterocycles. The van der Waals surface area contributed by atoms with E-state index < -0.39 is 9.84 Å². The molecule has 7 heteroatoms. The Morgan fingerprint density at radius 2 is 1.70 bits per heavy atom. The number of pyridine rings is 1. The molecule has 0 atom stereocenters. The van der Waals surface area contributed by atoms with Gasteiger partial charge in [-0.25, -0.2) is 8.42 Å². The lowest BCUT2D eigenvalue weighted by atomic mass is 10.0. The van der Waals surface area contributed by atoms with E-state index >= 15 is 0 Å². The molecule has 1 aliphatic carbocycles. The molecule has 158 valence electrons. The van der Waals surface area contributed by atoms with Crippen LogP contribution < -0.4 is 4.90 Å². The highest BCUT2D eigenvalue weighted by Crippen LogP contribution is 2.33. The van der Waals surface area contributed by atoms with Crippen LogP contribution in [0.3, 0.4) is 0 Å². The van der Waals surface area contributed by atoms with Crippen molar-refractivity contribution >= 4 is 21.6 Å². The fourth-order valence-corrected chi connectivity index (χ4v) is 5.71. The molecular weight excluding hydrogens is 398 g/mol. The summed E-state index contributed by atoms with van der Waals surface area (Å²) in [6.45, 7) is 5.76. The number of hydrogen-bond donors (Lipinski definition) is 0. The van der Waals surface area contributed by atoms with Crippen molar-refractivity contribution in [1.82, 2.24) is 9.88 Å². The molecule has 0 radical (unpaired) electrons. The van der Waals surface area contributed by atoms with Gasteiger partial charge in [0.2, 0.25) is 0 Å². The number of fused-ring (bicyclic) bond motifs is 1. The molecule has 2 aliphatic heterocycles. The molecule has 2 saturated heterocycles. The number of hydrogen-bond acceptors (Lipinski definition) is 6. The lowest BCUT2D eigenvalue weighted by Crippen LogP contribution is -2.40. The molecule has 0 spiro atoms. The summed E-state index contributed by atoms with van der Waals surface area (Å²) in [5.41, 5.74) is 7.21. The van der Waals surface area contributed by atoms with Crippen LogP contribution in [0.5, 0.6) is 0 Å². The van der Waals surface area contributed by atoms with E-state index in [4.69, 9.17) is 9.72 Å². The van der Waals surface area contributed by atoms with Gasteiger partial charge < -0.3 is 9.64 Å². The van der Waals surface area contributed by atoms with Gasteiger partial charge >= 0.3 is 0 Å². The van der Waals surface area contributed by atoms with Crippen LogP contribution in [0.15, 0.2) is 42.1 Å². The average molecular weight is 426 g/mol. The molecule has 2 fully saturated rings. The summed E-state index contributed by atoms with van der Waals surface area (Å²) in [4.78, 5) is 9.30. The van der Waals surface area contributed by atoms with Crippen LogP contribution in [0.2, 0.25) is 0 Å². The first-order chi connectivity index (χ1) is 14.6. The van der Waals surface area contributed by atoms with Gasteiger partial charge in [0.1, 0.15) is 0 Å². The fraction of sp³-hybridized carbons (Fsp3) is 0.435. The van der Waals surface area contributed by atoms with Gasteiger partial charge in [0.25, 0.3) is 0 Å². The Bertz CT molecular complexity index is 1040.